The van der Waals surface area contributed by atoms with Gasteiger partial charge in [-0.2, -0.15) is 13.2 Å². The Morgan fingerprint density at radius 3 is 2.56 bits per heavy atom. The number of carbonyl (C=O) groups excluding carboxylic acids is 1. The summed E-state index contributed by atoms with van der Waals surface area (Å²) in [6, 6.07) is 2.09. The van der Waals surface area contributed by atoms with Crippen LogP contribution in [-0.4, -0.2) is 39.7 Å². The molecule has 0 aliphatic carbocycles. The van der Waals surface area contributed by atoms with Crippen molar-refractivity contribution < 1.29 is 22.4 Å². The van der Waals surface area contributed by atoms with Gasteiger partial charge in [0.2, 0.25) is 0 Å². The van der Waals surface area contributed by atoms with Gasteiger partial charge in [0.25, 0.3) is 11.5 Å². The highest BCUT2D eigenvalue weighted by molar-refractivity contribution is 7.71. The molecule has 6 nitrogen and oxygen atoms in total. The van der Waals surface area contributed by atoms with E-state index in [4.69, 9.17) is 23.8 Å². The molecule has 12 heteroatoms. The molecule has 0 bridgehead atoms. The van der Waals surface area contributed by atoms with Crippen LogP contribution in [0.15, 0.2) is 35.6 Å². The van der Waals surface area contributed by atoms with Crippen molar-refractivity contribution in [3.8, 4) is 5.69 Å². The molecule has 0 aliphatic heterocycles. The van der Waals surface area contributed by atoms with E-state index in [-0.39, 0.29) is 17.3 Å². The summed E-state index contributed by atoms with van der Waals surface area (Å²) in [4.78, 5) is 27.0. The molecule has 1 aromatic carbocycles. The average molecular weight is 493 g/mol. The third-order valence-electron chi connectivity index (χ3n) is 4.52. The molecular weight excluding hydrogens is 472 g/mol. The second kappa shape index (κ2) is 10.4. The maximum absolute atomic E-state index is 14.6. The molecule has 2 rings (SSSR count). The minimum absolute atomic E-state index is 0.156. The Bertz CT molecular complexity index is 1140. The lowest BCUT2D eigenvalue weighted by atomic mass is 10.1. The smallest absolute Gasteiger partial charge is 0.339 e. The summed E-state index contributed by atoms with van der Waals surface area (Å²) < 4.78 is 54.6. The summed E-state index contributed by atoms with van der Waals surface area (Å²) in [6.45, 7) is 6.98. The summed E-state index contributed by atoms with van der Waals surface area (Å²) in [7, 11) is 1.00. The van der Waals surface area contributed by atoms with Crippen molar-refractivity contribution >= 4 is 29.7 Å². The first-order valence-electron chi connectivity index (χ1n) is 9.43. The van der Waals surface area contributed by atoms with Crippen molar-refractivity contribution in [1.29, 1.82) is 0 Å². The SMILES string of the molecule is C=CCN(CCC)CNC(=O)c1cc(-n2c(=O)cc(C(F)(F)F)n(C)c2=S)c(F)cc1Cl. The minimum Gasteiger partial charge on any atom is -0.339 e. The third-order valence-corrected chi connectivity index (χ3v) is 5.29. The molecule has 0 unspecified atom stereocenters. The molecule has 0 aliphatic rings. The maximum Gasteiger partial charge on any atom is 0.431 e. The number of carbonyl (C=O) groups is 1. The Labute approximate surface area is 191 Å². The van der Waals surface area contributed by atoms with Gasteiger partial charge in [-0.25, -0.2) is 4.39 Å². The van der Waals surface area contributed by atoms with Crippen LogP contribution in [0.4, 0.5) is 17.6 Å². The maximum atomic E-state index is 14.6. The number of nitrogens with one attached hydrogen (secondary N) is 1. The zero-order chi connectivity index (χ0) is 24.2. The fourth-order valence-corrected chi connectivity index (χ4v) is 3.54. The first-order valence-corrected chi connectivity index (χ1v) is 10.2. The van der Waals surface area contributed by atoms with E-state index >= 15 is 0 Å². The molecule has 2 aromatic rings. The van der Waals surface area contributed by atoms with Crippen molar-refractivity contribution in [2.45, 2.75) is 19.5 Å². The number of nitrogens with zero attached hydrogens (tertiary/aromatic N) is 3. The molecule has 0 atom stereocenters. The summed E-state index contributed by atoms with van der Waals surface area (Å²) >= 11 is 11.0. The van der Waals surface area contributed by atoms with Gasteiger partial charge in [0.1, 0.15) is 11.5 Å². The van der Waals surface area contributed by atoms with Crippen molar-refractivity contribution in [2.24, 2.45) is 7.05 Å². The predicted molar refractivity (Wildman–Crippen MR) is 116 cm³/mol. The predicted octanol–water partition coefficient (Wildman–Crippen LogP) is 4.30. The van der Waals surface area contributed by atoms with Crippen LogP contribution in [0.1, 0.15) is 29.4 Å². The monoisotopic (exact) mass is 492 g/mol. The molecule has 1 N–H and O–H groups in total. The van der Waals surface area contributed by atoms with Crippen LogP contribution in [0.2, 0.25) is 5.02 Å². The Morgan fingerprint density at radius 1 is 1.34 bits per heavy atom. The van der Waals surface area contributed by atoms with Gasteiger partial charge < -0.3 is 9.88 Å². The highest BCUT2D eigenvalue weighted by Gasteiger charge is 2.34. The van der Waals surface area contributed by atoms with E-state index in [0.717, 1.165) is 25.6 Å². The quantitative estimate of drug-likeness (QED) is 0.258. The highest BCUT2D eigenvalue weighted by atomic mass is 35.5. The molecule has 32 heavy (non-hydrogen) atoms. The van der Waals surface area contributed by atoms with Gasteiger partial charge in [0.15, 0.2) is 4.77 Å². The highest BCUT2D eigenvalue weighted by Crippen LogP contribution is 2.29. The second-order valence-corrected chi connectivity index (χ2v) is 7.63. The van der Waals surface area contributed by atoms with Crippen LogP contribution < -0.4 is 10.9 Å². The van der Waals surface area contributed by atoms with E-state index in [1.807, 2.05) is 11.8 Å². The molecule has 0 radical (unpaired) electrons. The minimum atomic E-state index is -4.83. The number of rotatable bonds is 8. The first-order chi connectivity index (χ1) is 14.9. The van der Waals surface area contributed by atoms with Gasteiger partial charge in [-0.3, -0.25) is 19.1 Å². The van der Waals surface area contributed by atoms with Gasteiger partial charge in [-0.15, -0.1) is 6.58 Å². The van der Waals surface area contributed by atoms with E-state index in [0.29, 0.717) is 28.3 Å². The van der Waals surface area contributed by atoms with Gasteiger partial charge in [0, 0.05) is 19.7 Å². The Balaban J connectivity index is 2.51. The number of hydrogen-bond acceptors (Lipinski definition) is 4. The Morgan fingerprint density at radius 2 is 2.00 bits per heavy atom. The lowest BCUT2D eigenvalue weighted by Gasteiger charge is -2.21. The van der Waals surface area contributed by atoms with Crippen molar-refractivity contribution in [3.63, 3.8) is 0 Å². The normalized spacial score (nSPS) is 11.6. The zero-order valence-electron chi connectivity index (χ0n) is 17.3. The lowest BCUT2D eigenvalue weighted by Crippen LogP contribution is -2.38. The molecule has 1 aromatic heterocycles. The first kappa shape index (κ1) is 25.8. The molecule has 0 saturated heterocycles. The molecular formula is C20H21ClF4N4O2S. The van der Waals surface area contributed by atoms with E-state index in [1.165, 1.54) is 0 Å². The van der Waals surface area contributed by atoms with E-state index in [1.54, 1.807) is 6.08 Å². The second-order valence-electron chi connectivity index (χ2n) is 6.86. The molecule has 174 valence electrons. The number of benzene rings is 1. The fraction of sp³-hybridized carbons (Fsp3) is 0.350. The standard InChI is InChI=1S/C20H21ClF4N4O2S/c1-4-6-28(7-5-2)11-26-18(31)12-8-15(14(22)9-13(12)21)29-17(30)10-16(20(23,24)25)27(3)19(29)32/h4,8-10H,1,5-7,11H2,2-3H3,(H,26,31). The topological polar surface area (TPSA) is 59.3 Å². The third kappa shape index (κ3) is 5.64. The number of aromatic nitrogens is 2. The van der Waals surface area contributed by atoms with Gasteiger partial charge >= 0.3 is 6.18 Å². The summed E-state index contributed by atoms with van der Waals surface area (Å²) in [6.07, 6.45) is -2.33. The molecule has 0 spiro atoms. The van der Waals surface area contributed by atoms with E-state index < -0.39 is 39.6 Å². The van der Waals surface area contributed by atoms with Gasteiger partial charge in [0.05, 0.1) is 22.9 Å². The Hall–Kier alpha value is -2.50. The number of halogens is 5. The van der Waals surface area contributed by atoms with Crippen molar-refractivity contribution in [3.05, 3.63) is 68.1 Å². The summed E-state index contributed by atoms with van der Waals surface area (Å²) in [5.74, 6) is -1.68. The van der Waals surface area contributed by atoms with E-state index in [2.05, 4.69) is 11.9 Å². The van der Waals surface area contributed by atoms with Gasteiger partial charge in [-0.1, -0.05) is 24.6 Å². The Kier molecular flexibility index (Phi) is 8.38. The summed E-state index contributed by atoms with van der Waals surface area (Å²) in [5, 5.41) is 2.41. The fourth-order valence-electron chi connectivity index (χ4n) is 3.01. The number of alkyl halides is 3. The molecule has 1 amide bonds. The van der Waals surface area contributed by atoms with Crippen LogP contribution in [-0.2, 0) is 13.2 Å². The van der Waals surface area contributed by atoms with Crippen LogP contribution in [0.3, 0.4) is 0 Å². The summed E-state index contributed by atoms with van der Waals surface area (Å²) in [5.41, 5.74) is -3.14. The van der Waals surface area contributed by atoms with Crippen molar-refractivity contribution in [1.82, 2.24) is 19.4 Å². The van der Waals surface area contributed by atoms with Crippen LogP contribution in [0, 0.1) is 10.6 Å². The zero-order valence-corrected chi connectivity index (χ0v) is 18.9. The number of hydrogen-bond donors (Lipinski definition) is 1. The van der Waals surface area contributed by atoms with Crippen LogP contribution in [0.25, 0.3) is 5.69 Å². The molecule has 0 saturated carbocycles. The van der Waals surface area contributed by atoms with Gasteiger partial charge in [-0.05, 0) is 37.3 Å². The van der Waals surface area contributed by atoms with Crippen molar-refractivity contribution in [2.75, 3.05) is 19.8 Å². The van der Waals surface area contributed by atoms with E-state index in [9.17, 15) is 27.2 Å². The van der Waals surface area contributed by atoms with Crippen LogP contribution in [0.5, 0.6) is 0 Å². The largest absolute Gasteiger partial charge is 0.431 e. The van der Waals surface area contributed by atoms with Crippen LogP contribution >= 0.6 is 23.8 Å². The number of amides is 1. The molecule has 0 fully saturated rings. The molecule has 1 heterocycles. The lowest BCUT2D eigenvalue weighted by molar-refractivity contribution is -0.143. The average Bonchev–Trinajstić information content (AvgIpc) is 2.69.